The Bertz CT molecular complexity index is 274. The van der Waals surface area contributed by atoms with Crippen LogP contribution in [0.2, 0.25) is 0 Å². The van der Waals surface area contributed by atoms with E-state index < -0.39 is 24.2 Å². The molecule has 1 fully saturated rings. The first-order chi connectivity index (χ1) is 6.99. The van der Waals surface area contributed by atoms with Gasteiger partial charge in [-0.2, -0.15) is 26.3 Å². The van der Waals surface area contributed by atoms with Crippen molar-refractivity contribution in [2.45, 2.75) is 31.2 Å². The molecule has 1 aliphatic rings. The minimum Gasteiger partial charge on any atom is -0.338 e. The molecule has 0 aromatic rings. The fraction of sp³-hybridized carbons (Fsp3) is 0.750. The molecule has 2 nitrogen and oxygen atoms in total. The second-order valence-corrected chi connectivity index (χ2v) is 3.40. The van der Waals surface area contributed by atoms with Gasteiger partial charge in [0, 0.05) is 0 Å². The van der Waals surface area contributed by atoms with Gasteiger partial charge >= 0.3 is 12.4 Å². The van der Waals surface area contributed by atoms with Crippen molar-refractivity contribution in [3.63, 3.8) is 0 Å². The number of epoxide rings is 1. The average Bonchev–Trinajstić information content (AvgIpc) is 2.75. The lowest BCUT2D eigenvalue weighted by Gasteiger charge is -2.26. The summed E-state index contributed by atoms with van der Waals surface area (Å²) in [5.41, 5.74) is -0.0361. The van der Waals surface area contributed by atoms with Crippen molar-refractivity contribution in [1.82, 2.24) is 0 Å². The maximum absolute atomic E-state index is 12.1. The van der Waals surface area contributed by atoms with Crippen LogP contribution in [0.4, 0.5) is 26.3 Å². The third-order valence-electron chi connectivity index (χ3n) is 1.96. The SMILES string of the molecule is C=C(C)C1(OC(C(F)(F)F)C(F)(F)F)CO1. The lowest BCUT2D eigenvalue weighted by atomic mass is 10.2. The van der Waals surface area contributed by atoms with E-state index in [1.807, 2.05) is 0 Å². The molecule has 1 rings (SSSR count). The maximum Gasteiger partial charge on any atom is 0.423 e. The van der Waals surface area contributed by atoms with Gasteiger partial charge in [-0.25, -0.2) is 0 Å². The summed E-state index contributed by atoms with van der Waals surface area (Å²) < 4.78 is 81.1. The number of hydrogen-bond acceptors (Lipinski definition) is 2. The molecule has 0 saturated carbocycles. The highest BCUT2D eigenvalue weighted by Gasteiger charge is 2.63. The molecule has 8 heteroatoms. The zero-order valence-electron chi connectivity index (χ0n) is 8.08. The van der Waals surface area contributed by atoms with E-state index in [1.54, 1.807) is 0 Å². The smallest absolute Gasteiger partial charge is 0.338 e. The van der Waals surface area contributed by atoms with E-state index in [2.05, 4.69) is 16.1 Å². The highest BCUT2D eigenvalue weighted by atomic mass is 19.4. The lowest BCUT2D eigenvalue weighted by Crippen LogP contribution is -2.47. The summed E-state index contributed by atoms with van der Waals surface area (Å²) in [4.78, 5) is 0. The molecular weight excluding hydrogens is 242 g/mol. The topological polar surface area (TPSA) is 21.8 Å². The molecule has 0 amide bonds. The van der Waals surface area contributed by atoms with Gasteiger partial charge in [0.1, 0.15) is 6.61 Å². The van der Waals surface area contributed by atoms with E-state index in [4.69, 9.17) is 0 Å². The van der Waals surface area contributed by atoms with Gasteiger partial charge in [-0.1, -0.05) is 6.58 Å². The number of rotatable bonds is 3. The molecule has 94 valence electrons. The van der Waals surface area contributed by atoms with Crippen LogP contribution in [-0.4, -0.2) is 30.9 Å². The van der Waals surface area contributed by atoms with Crippen LogP contribution in [0.15, 0.2) is 12.2 Å². The molecule has 0 aromatic carbocycles. The minimum absolute atomic E-state index is 0.0361. The van der Waals surface area contributed by atoms with E-state index >= 15 is 0 Å². The Labute approximate surface area is 86.8 Å². The largest absolute Gasteiger partial charge is 0.423 e. The average molecular weight is 250 g/mol. The summed E-state index contributed by atoms with van der Waals surface area (Å²) in [7, 11) is 0. The predicted octanol–water partition coefficient (Wildman–Crippen LogP) is 2.80. The lowest BCUT2D eigenvalue weighted by molar-refractivity contribution is -0.338. The van der Waals surface area contributed by atoms with Crippen molar-refractivity contribution in [2.75, 3.05) is 6.61 Å². The molecule has 0 N–H and O–H groups in total. The Morgan fingerprint density at radius 1 is 1.25 bits per heavy atom. The number of hydrogen-bond donors (Lipinski definition) is 0. The first kappa shape index (κ1) is 13.3. The van der Waals surface area contributed by atoms with Crippen LogP contribution in [0.3, 0.4) is 0 Å². The van der Waals surface area contributed by atoms with Crippen molar-refractivity contribution >= 4 is 0 Å². The van der Waals surface area contributed by atoms with Crippen LogP contribution in [0, 0.1) is 0 Å². The molecule has 1 unspecified atom stereocenters. The quantitative estimate of drug-likeness (QED) is 0.436. The summed E-state index contributed by atoms with van der Waals surface area (Å²) >= 11 is 0. The molecule has 0 aromatic heterocycles. The molecule has 0 spiro atoms. The third-order valence-corrected chi connectivity index (χ3v) is 1.96. The Hall–Kier alpha value is -0.760. The van der Waals surface area contributed by atoms with Gasteiger partial charge in [-0.3, -0.25) is 0 Å². The minimum atomic E-state index is -5.54. The summed E-state index contributed by atoms with van der Waals surface area (Å²) in [6.45, 7) is 4.10. The number of alkyl halides is 6. The van der Waals surface area contributed by atoms with Gasteiger partial charge in [0.25, 0.3) is 6.10 Å². The summed E-state index contributed by atoms with van der Waals surface area (Å²) in [6, 6.07) is 0. The van der Waals surface area contributed by atoms with E-state index in [0.29, 0.717) is 0 Å². The first-order valence-electron chi connectivity index (χ1n) is 4.10. The van der Waals surface area contributed by atoms with Crippen molar-refractivity contribution in [1.29, 1.82) is 0 Å². The van der Waals surface area contributed by atoms with E-state index in [-0.39, 0.29) is 12.2 Å². The van der Waals surface area contributed by atoms with Crippen molar-refractivity contribution in [3.8, 4) is 0 Å². The Kier molecular flexibility index (Phi) is 3.01. The monoisotopic (exact) mass is 250 g/mol. The van der Waals surface area contributed by atoms with Crippen LogP contribution < -0.4 is 0 Å². The van der Waals surface area contributed by atoms with Gasteiger partial charge in [-0.05, 0) is 12.5 Å². The van der Waals surface area contributed by atoms with Crippen LogP contribution in [0.1, 0.15) is 6.92 Å². The molecular formula is C8H8F6O2. The van der Waals surface area contributed by atoms with Gasteiger partial charge in [-0.15, -0.1) is 0 Å². The summed E-state index contributed by atoms with van der Waals surface area (Å²) in [5, 5.41) is 0. The van der Waals surface area contributed by atoms with Crippen LogP contribution in [0.25, 0.3) is 0 Å². The first-order valence-corrected chi connectivity index (χ1v) is 4.10. The van der Waals surface area contributed by atoms with Gasteiger partial charge in [0.2, 0.25) is 5.79 Å². The third kappa shape index (κ3) is 2.67. The summed E-state index contributed by atoms with van der Waals surface area (Å²) in [5.74, 6) is -1.95. The fourth-order valence-corrected chi connectivity index (χ4v) is 0.990. The zero-order valence-corrected chi connectivity index (χ0v) is 8.08. The highest BCUT2D eigenvalue weighted by Crippen LogP contribution is 2.44. The van der Waals surface area contributed by atoms with Crippen LogP contribution in [-0.2, 0) is 9.47 Å². The molecule has 0 radical (unpaired) electrons. The molecule has 16 heavy (non-hydrogen) atoms. The van der Waals surface area contributed by atoms with Crippen molar-refractivity contribution < 1.29 is 35.8 Å². The second kappa shape index (κ2) is 3.63. The molecule has 1 aliphatic heterocycles. The normalized spacial score (nSPS) is 26.0. The molecule has 1 atom stereocenters. The highest BCUT2D eigenvalue weighted by molar-refractivity contribution is 5.13. The molecule has 1 saturated heterocycles. The van der Waals surface area contributed by atoms with Crippen molar-refractivity contribution in [2.24, 2.45) is 0 Å². The van der Waals surface area contributed by atoms with E-state index in [9.17, 15) is 26.3 Å². The Morgan fingerprint density at radius 3 is 1.81 bits per heavy atom. The van der Waals surface area contributed by atoms with E-state index in [0.717, 1.165) is 0 Å². The van der Waals surface area contributed by atoms with Gasteiger partial charge in [0.05, 0.1) is 0 Å². The molecule has 0 aliphatic carbocycles. The fourth-order valence-electron chi connectivity index (χ4n) is 0.990. The standard InChI is InChI=1S/C8H8F6O2/c1-4(2)6(3-15-6)16-5(7(9,10)11)8(12,13)14/h5H,1,3H2,2H3. The van der Waals surface area contributed by atoms with Crippen LogP contribution in [0.5, 0.6) is 0 Å². The van der Waals surface area contributed by atoms with Crippen LogP contribution >= 0.6 is 0 Å². The maximum atomic E-state index is 12.1. The Morgan fingerprint density at radius 2 is 1.62 bits per heavy atom. The predicted molar refractivity (Wildman–Crippen MR) is 40.5 cm³/mol. The van der Waals surface area contributed by atoms with E-state index in [1.165, 1.54) is 6.92 Å². The molecule has 1 heterocycles. The Balaban J connectivity index is 2.85. The van der Waals surface area contributed by atoms with Gasteiger partial charge in [0.15, 0.2) is 0 Å². The second-order valence-electron chi connectivity index (χ2n) is 3.40. The van der Waals surface area contributed by atoms with Gasteiger partial charge < -0.3 is 9.47 Å². The number of ether oxygens (including phenoxy) is 2. The summed E-state index contributed by atoms with van der Waals surface area (Å²) in [6.07, 6.45) is -14.9. The van der Waals surface area contributed by atoms with Crippen molar-refractivity contribution in [3.05, 3.63) is 12.2 Å². The number of halogens is 6. The zero-order chi connectivity index (χ0) is 12.8. The molecule has 0 bridgehead atoms.